The maximum absolute atomic E-state index is 4.61. The van der Waals surface area contributed by atoms with Crippen molar-refractivity contribution in [3.63, 3.8) is 0 Å². The predicted octanol–water partition coefficient (Wildman–Crippen LogP) is 2.42. The molecule has 0 aliphatic rings. The van der Waals surface area contributed by atoms with Crippen LogP contribution in [-0.2, 0) is 13.6 Å². The second-order valence-electron chi connectivity index (χ2n) is 4.23. The molecule has 5 heteroatoms. The van der Waals surface area contributed by atoms with Crippen LogP contribution in [0.1, 0.15) is 5.69 Å². The van der Waals surface area contributed by atoms with Gasteiger partial charge in [-0.2, -0.15) is 0 Å². The summed E-state index contributed by atoms with van der Waals surface area (Å²) in [5.41, 5.74) is 4.37. The van der Waals surface area contributed by atoms with Crippen LogP contribution in [0.2, 0.25) is 0 Å². The molecule has 2 heterocycles. The number of imidazole rings is 1. The summed E-state index contributed by atoms with van der Waals surface area (Å²) < 4.78 is 2.02. The molecule has 0 radical (unpaired) electrons. The van der Waals surface area contributed by atoms with Gasteiger partial charge in [-0.15, -0.1) is 11.3 Å². The van der Waals surface area contributed by atoms with Gasteiger partial charge in [-0.25, -0.2) is 9.97 Å². The van der Waals surface area contributed by atoms with E-state index in [1.54, 1.807) is 11.3 Å². The van der Waals surface area contributed by atoms with E-state index in [0.29, 0.717) is 0 Å². The van der Waals surface area contributed by atoms with Crippen molar-refractivity contribution in [3.8, 4) is 10.6 Å². The van der Waals surface area contributed by atoms with Crippen molar-refractivity contribution in [1.29, 1.82) is 0 Å². The Kier molecular flexibility index (Phi) is 2.85. The van der Waals surface area contributed by atoms with Gasteiger partial charge in [0, 0.05) is 24.5 Å². The third kappa shape index (κ3) is 1.91. The average molecular weight is 258 g/mol. The second-order valence-corrected chi connectivity index (χ2v) is 5.09. The molecule has 2 aromatic heterocycles. The van der Waals surface area contributed by atoms with E-state index in [4.69, 9.17) is 0 Å². The van der Waals surface area contributed by atoms with Crippen molar-refractivity contribution >= 4 is 22.4 Å². The molecule has 0 atom stereocenters. The minimum absolute atomic E-state index is 0.808. The van der Waals surface area contributed by atoms with E-state index in [0.717, 1.165) is 33.8 Å². The number of fused-ring (bicyclic) bond motifs is 1. The third-order valence-corrected chi connectivity index (χ3v) is 3.82. The molecular formula is C13H14N4S. The van der Waals surface area contributed by atoms with E-state index in [2.05, 4.69) is 38.9 Å². The van der Waals surface area contributed by atoms with E-state index in [-0.39, 0.29) is 0 Å². The Hall–Kier alpha value is -1.72. The smallest absolute Gasteiger partial charge is 0.123 e. The molecule has 0 aliphatic heterocycles. The standard InChI is InChI=1S/C13H14N4S/c1-14-6-10-7-18-13(16-10)9-3-4-12-11(5-9)15-8-17(12)2/h3-5,7-8,14H,6H2,1-2H3. The zero-order valence-electron chi connectivity index (χ0n) is 10.3. The Labute approximate surface area is 109 Å². The van der Waals surface area contributed by atoms with E-state index < -0.39 is 0 Å². The molecule has 1 aromatic carbocycles. The fourth-order valence-electron chi connectivity index (χ4n) is 1.97. The first-order valence-corrected chi connectivity index (χ1v) is 6.66. The number of nitrogens with zero attached hydrogens (tertiary/aromatic N) is 3. The number of thiazole rings is 1. The number of aryl methyl sites for hydroxylation is 1. The highest BCUT2D eigenvalue weighted by molar-refractivity contribution is 7.13. The van der Waals surface area contributed by atoms with E-state index >= 15 is 0 Å². The van der Waals surface area contributed by atoms with Crippen LogP contribution in [0.15, 0.2) is 29.9 Å². The molecule has 0 fully saturated rings. The lowest BCUT2D eigenvalue weighted by molar-refractivity contribution is 0.798. The minimum Gasteiger partial charge on any atom is -0.334 e. The summed E-state index contributed by atoms with van der Waals surface area (Å²) in [6.45, 7) is 0.808. The van der Waals surface area contributed by atoms with Crippen LogP contribution in [0, 0.1) is 0 Å². The molecule has 0 aliphatic carbocycles. The summed E-state index contributed by atoms with van der Waals surface area (Å²) >= 11 is 1.67. The van der Waals surface area contributed by atoms with Crippen molar-refractivity contribution in [2.45, 2.75) is 6.54 Å². The van der Waals surface area contributed by atoms with Crippen LogP contribution in [0.5, 0.6) is 0 Å². The lowest BCUT2D eigenvalue weighted by atomic mass is 10.2. The predicted molar refractivity (Wildman–Crippen MR) is 74.6 cm³/mol. The molecule has 0 saturated heterocycles. The summed E-state index contributed by atoms with van der Waals surface area (Å²) in [6.07, 6.45) is 1.84. The third-order valence-electron chi connectivity index (χ3n) is 2.88. The summed E-state index contributed by atoms with van der Waals surface area (Å²) in [6, 6.07) is 6.29. The average Bonchev–Trinajstić information content (AvgIpc) is 2.97. The molecule has 0 bridgehead atoms. The van der Waals surface area contributed by atoms with Gasteiger partial charge in [-0.1, -0.05) is 0 Å². The SMILES string of the molecule is CNCc1csc(-c2ccc3c(c2)ncn3C)n1. The quantitative estimate of drug-likeness (QED) is 0.784. The molecule has 92 valence electrons. The Morgan fingerprint density at radius 2 is 2.28 bits per heavy atom. The van der Waals surface area contributed by atoms with Crippen LogP contribution >= 0.6 is 11.3 Å². The second kappa shape index (κ2) is 4.51. The maximum atomic E-state index is 4.61. The molecule has 4 nitrogen and oxygen atoms in total. The number of aromatic nitrogens is 3. The van der Waals surface area contributed by atoms with Crippen molar-refractivity contribution in [2.75, 3.05) is 7.05 Å². The van der Waals surface area contributed by atoms with Gasteiger partial charge in [0.05, 0.1) is 23.1 Å². The zero-order valence-corrected chi connectivity index (χ0v) is 11.2. The molecule has 0 saturated carbocycles. The molecule has 18 heavy (non-hydrogen) atoms. The Balaban J connectivity index is 2.02. The zero-order chi connectivity index (χ0) is 12.5. The molecule has 0 spiro atoms. The highest BCUT2D eigenvalue weighted by Crippen LogP contribution is 2.26. The summed E-state index contributed by atoms with van der Waals surface area (Å²) in [5.74, 6) is 0. The Bertz CT molecular complexity index is 683. The number of benzene rings is 1. The lowest BCUT2D eigenvalue weighted by Crippen LogP contribution is -2.04. The van der Waals surface area contributed by atoms with Crippen LogP contribution in [-0.4, -0.2) is 21.6 Å². The lowest BCUT2D eigenvalue weighted by Gasteiger charge is -1.98. The topological polar surface area (TPSA) is 42.7 Å². The summed E-state index contributed by atoms with van der Waals surface area (Å²) in [7, 11) is 3.93. The molecule has 3 rings (SSSR count). The fraction of sp³-hybridized carbons (Fsp3) is 0.231. The first-order valence-electron chi connectivity index (χ1n) is 5.78. The number of hydrogen-bond acceptors (Lipinski definition) is 4. The van der Waals surface area contributed by atoms with Gasteiger partial charge >= 0.3 is 0 Å². The monoisotopic (exact) mass is 258 g/mol. The van der Waals surface area contributed by atoms with Crippen LogP contribution in [0.25, 0.3) is 21.6 Å². The highest BCUT2D eigenvalue weighted by Gasteiger charge is 2.07. The normalized spacial score (nSPS) is 11.2. The summed E-state index contributed by atoms with van der Waals surface area (Å²) in [5, 5.41) is 6.25. The Morgan fingerprint density at radius 3 is 3.11 bits per heavy atom. The number of nitrogens with one attached hydrogen (secondary N) is 1. The molecular weight excluding hydrogens is 244 g/mol. The van der Waals surface area contributed by atoms with Gasteiger partial charge < -0.3 is 9.88 Å². The van der Waals surface area contributed by atoms with Crippen molar-refractivity contribution < 1.29 is 0 Å². The van der Waals surface area contributed by atoms with E-state index in [1.165, 1.54) is 0 Å². The highest BCUT2D eigenvalue weighted by atomic mass is 32.1. The number of hydrogen-bond donors (Lipinski definition) is 1. The van der Waals surface area contributed by atoms with E-state index in [1.807, 2.05) is 25.0 Å². The fourth-order valence-corrected chi connectivity index (χ4v) is 2.79. The first kappa shape index (κ1) is 11.4. The minimum atomic E-state index is 0.808. The van der Waals surface area contributed by atoms with Crippen LogP contribution < -0.4 is 5.32 Å². The molecule has 0 unspecified atom stereocenters. The number of rotatable bonds is 3. The molecule has 0 amide bonds. The van der Waals surface area contributed by atoms with Crippen molar-refractivity contribution in [3.05, 3.63) is 35.6 Å². The molecule has 1 N–H and O–H groups in total. The van der Waals surface area contributed by atoms with Gasteiger partial charge in [-0.3, -0.25) is 0 Å². The maximum Gasteiger partial charge on any atom is 0.123 e. The van der Waals surface area contributed by atoms with Gasteiger partial charge in [0.15, 0.2) is 0 Å². The van der Waals surface area contributed by atoms with Gasteiger partial charge in [0.2, 0.25) is 0 Å². The summed E-state index contributed by atoms with van der Waals surface area (Å²) in [4.78, 5) is 8.98. The Morgan fingerprint density at radius 1 is 1.39 bits per heavy atom. The first-order chi connectivity index (χ1) is 8.78. The van der Waals surface area contributed by atoms with E-state index in [9.17, 15) is 0 Å². The van der Waals surface area contributed by atoms with Gasteiger partial charge in [0.1, 0.15) is 5.01 Å². The van der Waals surface area contributed by atoms with Gasteiger partial charge in [-0.05, 0) is 25.2 Å². The van der Waals surface area contributed by atoms with Crippen molar-refractivity contribution in [1.82, 2.24) is 19.9 Å². The van der Waals surface area contributed by atoms with Crippen LogP contribution in [0.3, 0.4) is 0 Å². The van der Waals surface area contributed by atoms with Crippen molar-refractivity contribution in [2.24, 2.45) is 7.05 Å². The van der Waals surface area contributed by atoms with Gasteiger partial charge in [0.25, 0.3) is 0 Å². The molecule has 3 aromatic rings. The van der Waals surface area contributed by atoms with Crippen LogP contribution in [0.4, 0.5) is 0 Å². The largest absolute Gasteiger partial charge is 0.334 e.